The van der Waals surface area contributed by atoms with E-state index in [2.05, 4.69) is 16.2 Å². The van der Waals surface area contributed by atoms with Gasteiger partial charge < -0.3 is 18.9 Å². The van der Waals surface area contributed by atoms with Crippen molar-refractivity contribution in [2.24, 2.45) is 0 Å². The van der Waals surface area contributed by atoms with Crippen LogP contribution in [0, 0.1) is 0 Å². The minimum Gasteiger partial charge on any atom is -0.493 e. The van der Waals surface area contributed by atoms with Crippen molar-refractivity contribution < 1.29 is 28.5 Å². The summed E-state index contributed by atoms with van der Waals surface area (Å²) >= 11 is 5.11. The molecular weight excluding hydrogens is 482 g/mol. The summed E-state index contributed by atoms with van der Waals surface area (Å²) in [5, 5.41) is 2.43. The van der Waals surface area contributed by atoms with Crippen LogP contribution in [-0.2, 0) is 6.42 Å². The fraction of sp³-hybridized carbons (Fsp3) is 0.192. The molecule has 0 saturated heterocycles. The second-order valence-corrected chi connectivity index (χ2v) is 7.79. The summed E-state index contributed by atoms with van der Waals surface area (Å²) in [6.07, 6.45) is 0.783. The Kier molecular flexibility index (Phi) is 9.47. The van der Waals surface area contributed by atoms with E-state index in [4.69, 9.17) is 31.2 Å². The van der Waals surface area contributed by atoms with Gasteiger partial charge in [-0.25, -0.2) is 0 Å². The molecule has 0 aliphatic heterocycles. The van der Waals surface area contributed by atoms with E-state index in [9.17, 15) is 9.59 Å². The van der Waals surface area contributed by atoms with Crippen LogP contribution in [0.25, 0.3) is 0 Å². The molecule has 36 heavy (non-hydrogen) atoms. The number of nitrogens with one attached hydrogen (secondary N) is 3. The Morgan fingerprint density at radius 2 is 1.42 bits per heavy atom. The normalized spacial score (nSPS) is 10.1. The number of rotatable bonds is 9. The van der Waals surface area contributed by atoms with Gasteiger partial charge >= 0.3 is 0 Å². The predicted octanol–water partition coefficient (Wildman–Crippen LogP) is 3.28. The Labute approximate surface area is 214 Å². The molecule has 0 atom stereocenters. The van der Waals surface area contributed by atoms with Gasteiger partial charge in [-0.2, -0.15) is 0 Å². The first-order chi connectivity index (χ1) is 17.4. The summed E-state index contributed by atoms with van der Waals surface area (Å²) in [5.74, 6) is 0.699. The van der Waals surface area contributed by atoms with Crippen molar-refractivity contribution in [1.29, 1.82) is 0 Å². The second-order valence-electron chi connectivity index (χ2n) is 7.38. The van der Waals surface area contributed by atoms with Crippen LogP contribution in [0.5, 0.6) is 23.0 Å². The molecule has 0 unspecified atom stereocenters. The van der Waals surface area contributed by atoms with Gasteiger partial charge in [0.05, 0.1) is 27.9 Å². The SMILES string of the molecule is COc1cc(C(=O)NNC(=S)NC(=O)c2ccc(OCCc3ccccc3)cc2)cc(OC)c1OC. The van der Waals surface area contributed by atoms with Gasteiger partial charge in [-0.05, 0) is 54.2 Å². The molecule has 2 amide bonds. The van der Waals surface area contributed by atoms with Crippen LogP contribution in [0.4, 0.5) is 0 Å². The number of benzene rings is 3. The third-order valence-electron chi connectivity index (χ3n) is 5.06. The number of amides is 2. The lowest BCUT2D eigenvalue weighted by molar-refractivity contribution is 0.0934. The average molecular weight is 510 g/mol. The molecule has 0 spiro atoms. The molecule has 3 aromatic carbocycles. The zero-order chi connectivity index (χ0) is 25.9. The molecule has 0 aliphatic carbocycles. The van der Waals surface area contributed by atoms with Crippen LogP contribution in [-0.4, -0.2) is 44.9 Å². The van der Waals surface area contributed by atoms with Gasteiger partial charge in [0.25, 0.3) is 11.8 Å². The summed E-state index contributed by atoms with van der Waals surface area (Å²) < 4.78 is 21.5. The van der Waals surface area contributed by atoms with Crippen molar-refractivity contribution in [2.45, 2.75) is 6.42 Å². The molecule has 3 rings (SSSR count). The van der Waals surface area contributed by atoms with E-state index in [1.807, 2.05) is 30.3 Å². The second kappa shape index (κ2) is 13.0. The van der Waals surface area contributed by atoms with Crippen molar-refractivity contribution >= 4 is 29.1 Å². The summed E-state index contributed by atoms with van der Waals surface area (Å²) in [4.78, 5) is 25.0. The van der Waals surface area contributed by atoms with E-state index < -0.39 is 11.8 Å². The van der Waals surface area contributed by atoms with Gasteiger partial charge in [0, 0.05) is 17.5 Å². The molecule has 188 valence electrons. The Morgan fingerprint density at radius 1 is 0.778 bits per heavy atom. The average Bonchev–Trinajstić information content (AvgIpc) is 2.91. The monoisotopic (exact) mass is 509 g/mol. The highest BCUT2D eigenvalue weighted by atomic mass is 32.1. The Hall–Kier alpha value is -4.31. The van der Waals surface area contributed by atoms with E-state index in [1.165, 1.54) is 39.0 Å². The van der Waals surface area contributed by atoms with Crippen molar-refractivity contribution in [1.82, 2.24) is 16.2 Å². The van der Waals surface area contributed by atoms with Gasteiger partial charge in [0.15, 0.2) is 16.6 Å². The third-order valence-corrected chi connectivity index (χ3v) is 5.27. The number of hydrogen-bond donors (Lipinski definition) is 3. The smallest absolute Gasteiger partial charge is 0.269 e. The molecule has 10 heteroatoms. The zero-order valence-electron chi connectivity index (χ0n) is 20.1. The molecule has 0 heterocycles. The van der Waals surface area contributed by atoms with E-state index in [0.717, 1.165) is 6.42 Å². The van der Waals surface area contributed by atoms with Crippen molar-refractivity contribution in [3.63, 3.8) is 0 Å². The van der Waals surface area contributed by atoms with Crippen LogP contribution >= 0.6 is 12.2 Å². The van der Waals surface area contributed by atoms with E-state index in [1.54, 1.807) is 24.3 Å². The van der Waals surface area contributed by atoms with Gasteiger partial charge in [0.1, 0.15) is 5.75 Å². The standard InChI is InChI=1S/C26H27N3O6S/c1-32-21-15-19(16-22(33-2)23(21)34-3)25(31)28-29-26(36)27-24(30)18-9-11-20(12-10-18)35-14-13-17-7-5-4-6-8-17/h4-12,15-16H,13-14H2,1-3H3,(H,28,31)(H2,27,29,30,36). The number of hydrogen-bond acceptors (Lipinski definition) is 7. The first-order valence-corrected chi connectivity index (χ1v) is 11.3. The maximum absolute atomic E-state index is 12.5. The molecule has 0 bridgehead atoms. The molecule has 0 aliphatic rings. The van der Waals surface area contributed by atoms with Gasteiger partial charge in [-0.1, -0.05) is 30.3 Å². The Morgan fingerprint density at radius 3 is 2.00 bits per heavy atom. The third kappa shape index (κ3) is 7.09. The number of hydrazine groups is 1. The Bertz CT molecular complexity index is 1180. The van der Waals surface area contributed by atoms with E-state index in [-0.39, 0.29) is 10.7 Å². The fourth-order valence-corrected chi connectivity index (χ4v) is 3.38. The first-order valence-electron chi connectivity index (χ1n) is 10.9. The molecule has 0 saturated carbocycles. The topological polar surface area (TPSA) is 107 Å². The summed E-state index contributed by atoms with van der Waals surface area (Å²) in [7, 11) is 4.37. The van der Waals surface area contributed by atoms with Crippen LogP contribution in [0.15, 0.2) is 66.7 Å². The van der Waals surface area contributed by atoms with Crippen LogP contribution in [0.1, 0.15) is 26.3 Å². The van der Waals surface area contributed by atoms with Crippen molar-refractivity contribution in [3.8, 4) is 23.0 Å². The first kappa shape index (κ1) is 26.3. The minimum absolute atomic E-state index is 0.0796. The number of carbonyl (C=O) groups is 2. The lowest BCUT2D eigenvalue weighted by Gasteiger charge is -2.15. The highest BCUT2D eigenvalue weighted by molar-refractivity contribution is 7.80. The lowest BCUT2D eigenvalue weighted by atomic mass is 10.1. The number of methoxy groups -OCH3 is 3. The highest BCUT2D eigenvalue weighted by Crippen LogP contribution is 2.38. The molecule has 0 radical (unpaired) electrons. The van der Waals surface area contributed by atoms with Crippen LogP contribution in [0.2, 0.25) is 0 Å². The molecular formula is C26H27N3O6S. The number of ether oxygens (including phenoxy) is 4. The van der Waals surface area contributed by atoms with Crippen molar-refractivity contribution in [3.05, 3.63) is 83.4 Å². The lowest BCUT2D eigenvalue weighted by Crippen LogP contribution is -2.48. The summed E-state index contributed by atoms with van der Waals surface area (Å²) in [6, 6.07) is 19.7. The largest absolute Gasteiger partial charge is 0.493 e. The Balaban J connectivity index is 1.49. The number of carbonyl (C=O) groups excluding carboxylic acids is 2. The molecule has 0 fully saturated rings. The zero-order valence-corrected chi connectivity index (χ0v) is 20.9. The van der Waals surface area contributed by atoms with E-state index in [0.29, 0.717) is 35.2 Å². The van der Waals surface area contributed by atoms with Crippen LogP contribution in [0.3, 0.4) is 0 Å². The van der Waals surface area contributed by atoms with E-state index >= 15 is 0 Å². The molecule has 0 aromatic heterocycles. The maximum Gasteiger partial charge on any atom is 0.269 e. The van der Waals surface area contributed by atoms with Gasteiger partial charge in [-0.15, -0.1) is 0 Å². The molecule has 3 aromatic rings. The van der Waals surface area contributed by atoms with Gasteiger partial charge in [-0.3, -0.25) is 25.8 Å². The van der Waals surface area contributed by atoms with Crippen LogP contribution < -0.4 is 35.1 Å². The maximum atomic E-state index is 12.5. The minimum atomic E-state index is -0.525. The number of thiocarbonyl (C=S) groups is 1. The van der Waals surface area contributed by atoms with Crippen molar-refractivity contribution in [2.75, 3.05) is 27.9 Å². The molecule has 3 N–H and O–H groups in total. The quantitative estimate of drug-likeness (QED) is 0.298. The predicted molar refractivity (Wildman–Crippen MR) is 139 cm³/mol. The fourth-order valence-electron chi connectivity index (χ4n) is 3.24. The highest BCUT2D eigenvalue weighted by Gasteiger charge is 2.17. The summed E-state index contributed by atoms with van der Waals surface area (Å²) in [5.41, 5.74) is 6.72. The molecule has 9 nitrogen and oxygen atoms in total. The van der Waals surface area contributed by atoms with Gasteiger partial charge in [0.2, 0.25) is 5.75 Å². The summed E-state index contributed by atoms with van der Waals surface area (Å²) in [6.45, 7) is 0.523.